The zero-order valence-corrected chi connectivity index (χ0v) is 36.3. The number of aliphatic hydroxyl groups is 1. The van der Waals surface area contributed by atoms with E-state index in [2.05, 4.69) is 53.4 Å². The lowest BCUT2D eigenvalue weighted by atomic mass is 9.33. The highest BCUT2D eigenvalue weighted by Gasteiger charge is 2.71. The Morgan fingerprint density at radius 2 is 1.57 bits per heavy atom. The Bertz CT molecular complexity index is 1620. The predicted octanol–water partition coefficient (Wildman–Crippen LogP) is 8.08. The summed E-state index contributed by atoms with van der Waals surface area (Å²) in [5, 5.41) is 22.3. The van der Waals surface area contributed by atoms with Gasteiger partial charge in [-0.05, 0) is 155 Å². The largest absolute Gasteiger partial charge is 0.481 e. The Morgan fingerprint density at radius 1 is 0.893 bits per heavy atom. The van der Waals surface area contributed by atoms with E-state index in [4.69, 9.17) is 4.74 Å². The van der Waals surface area contributed by atoms with Crippen molar-refractivity contribution in [3.63, 3.8) is 0 Å². The molecule has 2 N–H and O–H groups in total. The monoisotopic (exact) mass is 779 g/mol. The SMILES string of the molecule is CC(C)C1=C2[C@H]3CC[C@@H]4[C@@]5(C)CC[C@H](OC(=O)CC(C)(C)C(=O)O)C(C)(C)[C@@H]5CC[C@@]4(C)[C@]3(C)CCC2(C(O)CN(CC2CC2)C(=O)CN2CCCC2)CC1=O. The Hall–Kier alpha value is -2.26. The fraction of sp³-hybridized carbons (Fsp3) is 0.872. The second kappa shape index (κ2) is 14.5. The second-order valence-electron chi connectivity index (χ2n) is 22.3. The minimum absolute atomic E-state index is 0.0216. The standard InChI is InChI=1S/C47H74N2O7/c1-29(2)39-32(50)24-47(35(51)27-49(26-30-12-13-30)37(52)28-48-22-10-11-23-48)21-20-45(8)31(40(39)47)14-15-34-44(7)18-17-36(56-38(53)25-42(3,4)41(54)55)43(5,6)33(44)16-19-46(34,45)9/h29-31,33-36,51H,10-28H2,1-9H3,(H,54,55)/t31-,33+,34-,35?,36+,44+,45-,46-,47?/m1/s1. The van der Waals surface area contributed by atoms with Crippen molar-refractivity contribution in [1.29, 1.82) is 0 Å². The first-order valence-corrected chi connectivity index (χ1v) is 22.5. The molecule has 1 saturated heterocycles. The third kappa shape index (κ3) is 6.72. The lowest BCUT2D eigenvalue weighted by molar-refractivity contribution is -0.235. The molecule has 7 aliphatic rings. The fourth-order valence-electron chi connectivity index (χ4n) is 14.4. The third-order valence-corrected chi connectivity index (χ3v) is 18.0. The number of carboxylic acids is 1. The van der Waals surface area contributed by atoms with Crippen LogP contribution in [0.1, 0.15) is 152 Å². The highest BCUT2D eigenvalue weighted by atomic mass is 16.5. The van der Waals surface area contributed by atoms with E-state index in [1.807, 2.05) is 4.90 Å². The van der Waals surface area contributed by atoms with Crippen LogP contribution in [0.15, 0.2) is 11.1 Å². The van der Waals surface area contributed by atoms with Crippen molar-refractivity contribution >= 4 is 23.6 Å². The molecule has 9 atom stereocenters. The molecule has 314 valence electrons. The number of ketones is 1. The molecular formula is C47H74N2O7. The summed E-state index contributed by atoms with van der Waals surface area (Å²) in [5.41, 5.74) is 0.175. The second-order valence-corrected chi connectivity index (χ2v) is 22.3. The van der Waals surface area contributed by atoms with Gasteiger partial charge < -0.3 is 19.8 Å². The number of hydrogen-bond acceptors (Lipinski definition) is 7. The zero-order chi connectivity index (χ0) is 40.8. The highest BCUT2D eigenvalue weighted by molar-refractivity contribution is 6.00. The molecule has 56 heavy (non-hydrogen) atoms. The Labute approximate surface area is 337 Å². The molecule has 0 bridgehead atoms. The highest BCUT2D eigenvalue weighted by Crippen LogP contribution is 2.77. The molecule has 7 rings (SSSR count). The first-order valence-electron chi connectivity index (χ1n) is 22.5. The maximum atomic E-state index is 14.3. The van der Waals surface area contributed by atoms with Crippen LogP contribution in [0.4, 0.5) is 0 Å². The molecule has 2 unspecified atom stereocenters. The van der Waals surface area contributed by atoms with E-state index >= 15 is 0 Å². The molecular weight excluding hydrogens is 705 g/mol. The summed E-state index contributed by atoms with van der Waals surface area (Å²) < 4.78 is 6.19. The topological polar surface area (TPSA) is 124 Å². The van der Waals surface area contributed by atoms with Gasteiger partial charge in [-0.15, -0.1) is 0 Å². The number of Topliss-reactive ketones (excluding diaryl/α,β-unsaturated/α-hetero) is 1. The van der Waals surface area contributed by atoms with Crippen molar-refractivity contribution in [2.24, 2.45) is 62.1 Å². The number of likely N-dealkylation sites (tertiary alicyclic amines) is 1. The molecule has 9 heteroatoms. The van der Waals surface area contributed by atoms with Gasteiger partial charge in [0.1, 0.15) is 6.10 Å². The van der Waals surface area contributed by atoms with Gasteiger partial charge in [-0.2, -0.15) is 0 Å². The summed E-state index contributed by atoms with van der Waals surface area (Å²) in [5.74, 6) is 0.537. The molecule has 1 aliphatic heterocycles. The number of nitrogens with zero attached hydrogens (tertiary/aromatic N) is 2. The summed E-state index contributed by atoms with van der Waals surface area (Å²) in [7, 11) is 0. The van der Waals surface area contributed by atoms with Crippen molar-refractivity contribution in [2.75, 3.05) is 32.7 Å². The van der Waals surface area contributed by atoms with Crippen molar-refractivity contribution in [3.05, 3.63) is 11.1 Å². The number of amides is 1. The van der Waals surface area contributed by atoms with Gasteiger partial charge >= 0.3 is 11.9 Å². The van der Waals surface area contributed by atoms with Gasteiger partial charge in [-0.1, -0.05) is 54.0 Å². The lowest BCUT2D eigenvalue weighted by Gasteiger charge is -2.72. The number of carboxylic acid groups (broad SMARTS) is 1. The van der Waals surface area contributed by atoms with E-state index in [9.17, 15) is 29.4 Å². The van der Waals surface area contributed by atoms with Crippen LogP contribution in [0.5, 0.6) is 0 Å². The minimum Gasteiger partial charge on any atom is -0.481 e. The number of aliphatic carboxylic acids is 1. The van der Waals surface area contributed by atoms with Gasteiger partial charge in [0.05, 0.1) is 24.5 Å². The summed E-state index contributed by atoms with van der Waals surface area (Å²) in [6.45, 7) is 23.0. The number of esters is 1. The van der Waals surface area contributed by atoms with Crippen molar-refractivity contribution in [3.8, 4) is 0 Å². The third-order valence-electron chi connectivity index (χ3n) is 18.0. The number of ether oxygens (including phenoxy) is 1. The normalized spacial score (nSPS) is 38.7. The minimum atomic E-state index is -1.17. The molecule has 6 fully saturated rings. The van der Waals surface area contributed by atoms with Crippen LogP contribution in [-0.4, -0.2) is 88.6 Å². The number of hydrogen-bond donors (Lipinski definition) is 2. The number of aliphatic hydroxyl groups excluding tert-OH is 1. The number of fused-ring (bicyclic) bond motifs is 7. The Kier molecular flexibility index (Phi) is 10.8. The van der Waals surface area contributed by atoms with Crippen LogP contribution in [0, 0.1) is 62.1 Å². The Morgan fingerprint density at radius 3 is 2.20 bits per heavy atom. The summed E-state index contributed by atoms with van der Waals surface area (Å²) in [6, 6.07) is 0. The van der Waals surface area contributed by atoms with Crippen molar-refractivity contribution in [2.45, 2.75) is 164 Å². The Balaban J connectivity index is 1.15. The maximum Gasteiger partial charge on any atom is 0.309 e. The molecule has 1 heterocycles. The first-order chi connectivity index (χ1) is 26.1. The van der Waals surface area contributed by atoms with E-state index in [0.717, 1.165) is 95.7 Å². The number of carbonyl (C=O) groups is 4. The van der Waals surface area contributed by atoms with Crippen LogP contribution >= 0.6 is 0 Å². The van der Waals surface area contributed by atoms with Crippen LogP contribution < -0.4 is 0 Å². The summed E-state index contributed by atoms with van der Waals surface area (Å²) >= 11 is 0. The van der Waals surface area contributed by atoms with Crippen LogP contribution in [0.3, 0.4) is 0 Å². The maximum absolute atomic E-state index is 14.3. The summed E-state index contributed by atoms with van der Waals surface area (Å²) in [4.78, 5) is 57.3. The zero-order valence-electron chi connectivity index (χ0n) is 36.3. The van der Waals surface area contributed by atoms with E-state index in [1.165, 1.54) is 5.57 Å². The van der Waals surface area contributed by atoms with Crippen LogP contribution in [0.25, 0.3) is 0 Å². The molecule has 9 nitrogen and oxygen atoms in total. The van der Waals surface area contributed by atoms with Gasteiger partial charge in [0.25, 0.3) is 0 Å². The molecule has 6 aliphatic carbocycles. The fourth-order valence-corrected chi connectivity index (χ4v) is 14.4. The average Bonchev–Trinajstić information content (AvgIpc) is 3.66. The predicted molar refractivity (Wildman–Crippen MR) is 216 cm³/mol. The molecule has 0 aromatic carbocycles. The van der Waals surface area contributed by atoms with E-state index in [1.54, 1.807) is 13.8 Å². The van der Waals surface area contributed by atoms with Crippen molar-refractivity contribution in [1.82, 2.24) is 9.80 Å². The van der Waals surface area contributed by atoms with Crippen LogP contribution in [-0.2, 0) is 23.9 Å². The number of rotatable bonds is 12. The van der Waals surface area contributed by atoms with E-state index in [0.29, 0.717) is 43.8 Å². The average molecular weight is 779 g/mol. The van der Waals surface area contributed by atoms with Gasteiger partial charge in [0.2, 0.25) is 5.91 Å². The quantitative estimate of drug-likeness (QED) is 0.191. The van der Waals surface area contributed by atoms with Gasteiger partial charge in [0.15, 0.2) is 5.78 Å². The van der Waals surface area contributed by atoms with Gasteiger partial charge in [-0.3, -0.25) is 24.1 Å². The van der Waals surface area contributed by atoms with Gasteiger partial charge in [-0.25, -0.2) is 0 Å². The van der Waals surface area contributed by atoms with E-state index < -0.39 is 28.9 Å². The first kappa shape index (κ1) is 41.9. The molecule has 0 radical (unpaired) electrons. The number of allylic oxidation sites excluding steroid dienone is 1. The smallest absolute Gasteiger partial charge is 0.309 e. The molecule has 5 saturated carbocycles. The van der Waals surface area contributed by atoms with Gasteiger partial charge in [0, 0.05) is 30.3 Å². The molecule has 0 aromatic heterocycles. The molecule has 0 spiro atoms. The number of carbonyl (C=O) groups excluding carboxylic acids is 3. The van der Waals surface area contributed by atoms with Crippen molar-refractivity contribution < 1.29 is 34.1 Å². The lowest BCUT2D eigenvalue weighted by Crippen LogP contribution is -2.66. The summed E-state index contributed by atoms with van der Waals surface area (Å²) in [6.07, 6.45) is 11.4. The molecule has 0 aromatic rings. The molecule has 1 amide bonds. The van der Waals surface area contributed by atoms with E-state index in [-0.39, 0.29) is 57.7 Å². The van der Waals surface area contributed by atoms with Crippen LogP contribution in [0.2, 0.25) is 0 Å².